The van der Waals surface area contributed by atoms with Gasteiger partial charge in [0.2, 0.25) is 0 Å². The Morgan fingerprint density at radius 1 is 1.29 bits per heavy atom. The molecule has 0 heterocycles. The minimum absolute atomic E-state index is 0.116. The molecule has 0 spiro atoms. The van der Waals surface area contributed by atoms with Crippen molar-refractivity contribution >= 4 is 0 Å². The molecule has 0 saturated heterocycles. The Labute approximate surface area is 104 Å². The molecule has 0 aromatic heterocycles. The van der Waals surface area contributed by atoms with Gasteiger partial charge in [-0.05, 0) is 50.3 Å². The second-order valence-corrected chi connectivity index (χ2v) is 5.71. The van der Waals surface area contributed by atoms with E-state index in [1.165, 1.54) is 17.5 Å². The Hall–Kier alpha value is -0.860. The van der Waals surface area contributed by atoms with Crippen molar-refractivity contribution in [3.63, 3.8) is 0 Å². The summed E-state index contributed by atoms with van der Waals surface area (Å²) in [6, 6.07) is 6.23. The monoisotopic (exact) mass is 233 g/mol. The largest absolute Gasteiger partial charge is 0.385 e. The summed E-state index contributed by atoms with van der Waals surface area (Å²) < 4.78 is 0. The third-order valence-corrected chi connectivity index (χ3v) is 4.80. The van der Waals surface area contributed by atoms with Gasteiger partial charge in [-0.15, -0.1) is 0 Å². The van der Waals surface area contributed by atoms with Crippen LogP contribution >= 0.6 is 0 Å². The van der Waals surface area contributed by atoms with Crippen LogP contribution in [-0.4, -0.2) is 11.7 Å². The van der Waals surface area contributed by atoms with Crippen LogP contribution in [0.1, 0.15) is 42.9 Å². The van der Waals surface area contributed by atoms with Crippen LogP contribution in [0.5, 0.6) is 0 Å². The van der Waals surface area contributed by atoms with Crippen LogP contribution in [0.4, 0.5) is 0 Å². The van der Waals surface area contributed by atoms with E-state index in [0.717, 1.165) is 18.4 Å². The van der Waals surface area contributed by atoms with E-state index in [4.69, 9.17) is 5.73 Å². The van der Waals surface area contributed by atoms with E-state index in [0.29, 0.717) is 6.54 Å². The van der Waals surface area contributed by atoms with E-state index in [-0.39, 0.29) is 5.41 Å². The number of rotatable bonds is 3. The molecule has 1 saturated carbocycles. The summed E-state index contributed by atoms with van der Waals surface area (Å²) in [6.07, 6.45) is 3.24. The minimum Gasteiger partial charge on any atom is -0.385 e. The van der Waals surface area contributed by atoms with E-state index >= 15 is 0 Å². The van der Waals surface area contributed by atoms with Gasteiger partial charge in [0, 0.05) is 12.0 Å². The van der Waals surface area contributed by atoms with Crippen LogP contribution < -0.4 is 5.73 Å². The SMILES string of the molecule is Cc1ccc(C(C)(O)C2(CN)CCC2)cc1C. The lowest BCUT2D eigenvalue weighted by Gasteiger charge is -2.51. The van der Waals surface area contributed by atoms with Crippen molar-refractivity contribution in [3.8, 4) is 0 Å². The van der Waals surface area contributed by atoms with Crippen molar-refractivity contribution in [1.29, 1.82) is 0 Å². The maximum Gasteiger partial charge on any atom is 0.0936 e. The van der Waals surface area contributed by atoms with Gasteiger partial charge in [0.1, 0.15) is 0 Å². The molecule has 1 aliphatic carbocycles. The molecule has 1 unspecified atom stereocenters. The van der Waals surface area contributed by atoms with Crippen LogP contribution in [0, 0.1) is 19.3 Å². The molecule has 1 aromatic carbocycles. The standard InChI is InChI=1S/C15H23NO/c1-11-5-6-13(9-12(11)2)14(3,17)15(10-16)7-4-8-15/h5-6,9,17H,4,7-8,10,16H2,1-3H3. The lowest BCUT2D eigenvalue weighted by atomic mass is 9.57. The molecule has 0 aliphatic heterocycles. The van der Waals surface area contributed by atoms with Crippen LogP contribution in [0.15, 0.2) is 18.2 Å². The zero-order valence-corrected chi connectivity index (χ0v) is 11.1. The fourth-order valence-electron chi connectivity index (χ4n) is 2.84. The molecule has 1 fully saturated rings. The maximum atomic E-state index is 10.9. The second-order valence-electron chi connectivity index (χ2n) is 5.71. The zero-order valence-electron chi connectivity index (χ0n) is 11.1. The fourth-order valence-corrected chi connectivity index (χ4v) is 2.84. The molecule has 1 atom stereocenters. The highest BCUT2D eigenvalue weighted by Crippen LogP contribution is 2.53. The molecule has 2 rings (SSSR count). The predicted molar refractivity (Wildman–Crippen MR) is 70.8 cm³/mol. The van der Waals surface area contributed by atoms with Gasteiger partial charge in [0.05, 0.1) is 5.60 Å². The molecule has 17 heavy (non-hydrogen) atoms. The maximum absolute atomic E-state index is 10.9. The first-order valence-corrected chi connectivity index (χ1v) is 6.43. The Morgan fingerprint density at radius 3 is 2.35 bits per heavy atom. The van der Waals surface area contributed by atoms with Crippen molar-refractivity contribution in [2.24, 2.45) is 11.1 Å². The smallest absolute Gasteiger partial charge is 0.0936 e. The fraction of sp³-hybridized carbons (Fsp3) is 0.600. The van der Waals surface area contributed by atoms with Gasteiger partial charge in [-0.2, -0.15) is 0 Å². The number of benzene rings is 1. The Balaban J connectivity index is 2.40. The highest BCUT2D eigenvalue weighted by Gasteiger charge is 2.51. The summed E-state index contributed by atoms with van der Waals surface area (Å²) in [7, 11) is 0. The molecule has 1 aromatic rings. The first-order chi connectivity index (χ1) is 7.93. The first kappa shape index (κ1) is 12.6. The van der Waals surface area contributed by atoms with E-state index in [1.807, 2.05) is 13.0 Å². The lowest BCUT2D eigenvalue weighted by molar-refractivity contribution is -0.116. The number of hydrogen-bond acceptors (Lipinski definition) is 2. The van der Waals surface area contributed by atoms with Gasteiger partial charge in [0.15, 0.2) is 0 Å². The highest BCUT2D eigenvalue weighted by molar-refractivity contribution is 5.34. The first-order valence-electron chi connectivity index (χ1n) is 6.43. The summed E-state index contributed by atoms with van der Waals surface area (Å²) in [5.41, 5.74) is 8.48. The topological polar surface area (TPSA) is 46.2 Å². The molecular formula is C15H23NO. The van der Waals surface area contributed by atoms with Crippen LogP contribution in [0.2, 0.25) is 0 Å². The number of aliphatic hydroxyl groups is 1. The summed E-state index contributed by atoms with van der Waals surface area (Å²) in [5, 5.41) is 10.9. The molecule has 0 radical (unpaired) electrons. The van der Waals surface area contributed by atoms with E-state index in [1.54, 1.807) is 0 Å². The summed E-state index contributed by atoms with van der Waals surface area (Å²) >= 11 is 0. The predicted octanol–water partition coefficient (Wildman–Crippen LogP) is 2.64. The third kappa shape index (κ3) is 1.80. The third-order valence-electron chi connectivity index (χ3n) is 4.80. The molecule has 0 bridgehead atoms. The van der Waals surface area contributed by atoms with Crippen molar-refractivity contribution < 1.29 is 5.11 Å². The van der Waals surface area contributed by atoms with Crippen molar-refractivity contribution in [2.45, 2.75) is 45.6 Å². The number of aryl methyl sites for hydroxylation is 2. The molecule has 0 amide bonds. The second kappa shape index (κ2) is 4.11. The molecule has 1 aliphatic rings. The van der Waals surface area contributed by atoms with E-state index in [9.17, 15) is 5.11 Å². The number of hydrogen-bond donors (Lipinski definition) is 2. The summed E-state index contributed by atoms with van der Waals surface area (Å²) in [5.74, 6) is 0. The normalized spacial score (nSPS) is 21.7. The van der Waals surface area contributed by atoms with Gasteiger partial charge in [-0.25, -0.2) is 0 Å². The van der Waals surface area contributed by atoms with Crippen molar-refractivity contribution in [1.82, 2.24) is 0 Å². The average molecular weight is 233 g/mol. The van der Waals surface area contributed by atoms with Crippen molar-refractivity contribution in [3.05, 3.63) is 34.9 Å². The van der Waals surface area contributed by atoms with Gasteiger partial charge < -0.3 is 10.8 Å². The average Bonchev–Trinajstić information content (AvgIpc) is 2.20. The molecule has 3 N–H and O–H groups in total. The molecule has 2 nitrogen and oxygen atoms in total. The van der Waals surface area contributed by atoms with Crippen LogP contribution in [0.3, 0.4) is 0 Å². The highest BCUT2D eigenvalue weighted by atomic mass is 16.3. The molecular weight excluding hydrogens is 210 g/mol. The summed E-state index contributed by atoms with van der Waals surface area (Å²) in [4.78, 5) is 0. The van der Waals surface area contributed by atoms with Crippen molar-refractivity contribution in [2.75, 3.05) is 6.54 Å². The Morgan fingerprint density at radius 2 is 1.94 bits per heavy atom. The quantitative estimate of drug-likeness (QED) is 0.843. The Kier molecular flexibility index (Phi) is 3.04. The van der Waals surface area contributed by atoms with Gasteiger partial charge in [0.25, 0.3) is 0 Å². The zero-order chi connectivity index (χ0) is 12.7. The number of nitrogens with two attached hydrogens (primary N) is 1. The van der Waals surface area contributed by atoms with Gasteiger partial charge >= 0.3 is 0 Å². The van der Waals surface area contributed by atoms with Gasteiger partial charge in [-0.1, -0.05) is 24.6 Å². The molecule has 94 valence electrons. The molecule has 2 heteroatoms. The van der Waals surface area contributed by atoms with Crippen LogP contribution in [-0.2, 0) is 5.60 Å². The lowest BCUT2D eigenvalue weighted by Crippen LogP contribution is -2.53. The van der Waals surface area contributed by atoms with E-state index in [2.05, 4.69) is 26.0 Å². The van der Waals surface area contributed by atoms with E-state index < -0.39 is 5.60 Å². The Bertz CT molecular complexity index is 413. The van der Waals surface area contributed by atoms with Crippen LogP contribution in [0.25, 0.3) is 0 Å². The van der Waals surface area contributed by atoms with Gasteiger partial charge in [-0.3, -0.25) is 0 Å². The minimum atomic E-state index is -0.807. The summed E-state index contributed by atoms with van der Waals surface area (Å²) in [6.45, 7) is 6.66.